The van der Waals surface area contributed by atoms with E-state index in [1.54, 1.807) is 12.5 Å². The van der Waals surface area contributed by atoms with Crippen molar-refractivity contribution in [3.63, 3.8) is 0 Å². The van der Waals surface area contributed by atoms with Crippen molar-refractivity contribution in [1.29, 1.82) is 0 Å². The first-order valence-electron chi connectivity index (χ1n) is 10.3. The molecule has 0 aromatic heterocycles. The number of ketones is 1. The van der Waals surface area contributed by atoms with E-state index in [0.717, 1.165) is 25.7 Å². The Balaban J connectivity index is 1.64. The molecule has 4 rings (SSSR count). The van der Waals surface area contributed by atoms with Crippen molar-refractivity contribution in [2.24, 2.45) is 28.6 Å². The van der Waals surface area contributed by atoms with Crippen LogP contribution in [0.5, 0.6) is 0 Å². The third-order valence-corrected chi connectivity index (χ3v) is 8.35. The Morgan fingerprint density at radius 1 is 1.00 bits per heavy atom. The van der Waals surface area contributed by atoms with Crippen molar-refractivity contribution in [3.8, 4) is 0 Å². The minimum absolute atomic E-state index is 0.0456. The van der Waals surface area contributed by atoms with E-state index in [4.69, 9.17) is 4.74 Å². The average molecular weight is 357 g/mol. The molecule has 26 heavy (non-hydrogen) atoms. The molecular formula is C23H32O3. The van der Waals surface area contributed by atoms with Gasteiger partial charge in [-0.25, -0.2) is 0 Å². The zero-order chi connectivity index (χ0) is 18.7. The number of Topliss-reactive ketones (excluding diaryl/α,β-unsaturated/α-hetero) is 1. The van der Waals surface area contributed by atoms with Crippen LogP contribution in [0.15, 0.2) is 23.3 Å². The van der Waals surface area contributed by atoms with E-state index in [1.165, 1.54) is 31.8 Å². The van der Waals surface area contributed by atoms with Crippen molar-refractivity contribution in [3.05, 3.63) is 23.3 Å². The van der Waals surface area contributed by atoms with E-state index in [9.17, 15) is 9.59 Å². The van der Waals surface area contributed by atoms with Crippen molar-refractivity contribution in [1.82, 2.24) is 0 Å². The molecule has 3 saturated carbocycles. The summed E-state index contributed by atoms with van der Waals surface area (Å²) in [5, 5.41) is 0. The number of ether oxygens (including phenoxy) is 1. The Morgan fingerprint density at radius 3 is 2.46 bits per heavy atom. The highest BCUT2D eigenvalue weighted by molar-refractivity contribution is 5.79. The molecule has 1 unspecified atom stereocenters. The molecule has 6 atom stereocenters. The van der Waals surface area contributed by atoms with Crippen molar-refractivity contribution in [2.75, 3.05) is 0 Å². The number of hydrogen-bond acceptors (Lipinski definition) is 3. The maximum Gasteiger partial charge on any atom is 0.302 e. The second-order valence-corrected chi connectivity index (χ2v) is 9.64. The van der Waals surface area contributed by atoms with Gasteiger partial charge in [0.1, 0.15) is 11.9 Å². The fraction of sp³-hybridized carbons (Fsp3) is 0.739. The van der Waals surface area contributed by atoms with Gasteiger partial charge < -0.3 is 4.74 Å². The fourth-order valence-corrected chi connectivity index (χ4v) is 6.97. The van der Waals surface area contributed by atoms with E-state index in [1.807, 2.05) is 0 Å². The number of fused-ring (bicyclic) bond motifs is 5. The van der Waals surface area contributed by atoms with Gasteiger partial charge in [-0.05, 0) is 68.1 Å². The van der Waals surface area contributed by atoms with Gasteiger partial charge in [0.25, 0.3) is 0 Å². The molecule has 0 aliphatic heterocycles. The smallest absolute Gasteiger partial charge is 0.302 e. The van der Waals surface area contributed by atoms with Crippen LogP contribution >= 0.6 is 0 Å². The normalized spacial score (nSPS) is 44.2. The molecule has 3 heteroatoms. The zero-order valence-corrected chi connectivity index (χ0v) is 16.6. The van der Waals surface area contributed by atoms with Gasteiger partial charge in [-0.15, -0.1) is 0 Å². The lowest BCUT2D eigenvalue weighted by Gasteiger charge is -2.54. The van der Waals surface area contributed by atoms with Gasteiger partial charge >= 0.3 is 5.97 Å². The van der Waals surface area contributed by atoms with Crippen LogP contribution in [0.25, 0.3) is 0 Å². The van der Waals surface area contributed by atoms with Gasteiger partial charge in [-0.3, -0.25) is 9.59 Å². The first-order chi connectivity index (χ1) is 12.3. The molecule has 4 aliphatic rings. The molecule has 3 nitrogen and oxygen atoms in total. The summed E-state index contributed by atoms with van der Waals surface area (Å²) in [6.07, 6.45) is 12.3. The molecule has 0 saturated heterocycles. The minimum Gasteiger partial charge on any atom is -0.462 e. The minimum atomic E-state index is -0.166. The quantitative estimate of drug-likeness (QED) is 0.654. The van der Waals surface area contributed by atoms with Gasteiger partial charge in [-0.2, -0.15) is 0 Å². The molecule has 0 heterocycles. The highest BCUT2D eigenvalue weighted by Crippen LogP contribution is 2.65. The Morgan fingerprint density at radius 2 is 1.77 bits per heavy atom. The summed E-state index contributed by atoms with van der Waals surface area (Å²) >= 11 is 0. The highest BCUT2D eigenvalue weighted by Gasteiger charge is 2.57. The maximum atomic E-state index is 12.2. The summed E-state index contributed by atoms with van der Waals surface area (Å²) < 4.78 is 5.51. The van der Waals surface area contributed by atoms with E-state index in [-0.39, 0.29) is 28.8 Å². The second kappa shape index (κ2) is 6.07. The summed E-state index contributed by atoms with van der Waals surface area (Å²) in [7, 11) is 0. The standard InChI is InChI=1S/C23H32O3/c1-14(24)19-7-8-20-18-6-5-16-13-17(26-15(2)25)9-11-22(16,3)21(18)10-12-23(19,20)4/h5-6,17,19-21H,7-13H2,1-4H3/t17?,19-,20+,21-,22-,23-/m1/s1. The SMILES string of the molecule is CC(=O)OC1CC[C@]2(C)C(=CC=C3[C@H]2CC[C@]2(C)[C@@H](C(C)=O)CC[C@@H]32)C1. The molecule has 0 N–H and O–H groups in total. The molecule has 0 aromatic carbocycles. The third kappa shape index (κ3) is 2.53. The monoisotopic (exact) mass is 356 g/mol. The summed E-state index contributed by atoms with van der Waals surface area (Å²) in [6, 6.07) is 0. The van der Waals surface area contributed by atoms with Crippen LogP contribution in [-0.4, -0.2) is 17.9 Å². The van der Waals surface area contributed by atoms with Crippen LogP contribution in [0.1, 0.15) is 72.6 Å². The van der Waals surface area contributed by atoms with Gasteiger partial charge in [0.15, 0.2) is 0 Å². The van der Waals surface area contributed by atoms with Crippen LogP contribution in [-0.2, 0) is 14.3 Å². The Hall–Kier alpha value is -1.38. The Bertz CT molecular complexity index is 702. The lowest BCUT2D eigenvalue weighted by molar-refractivity contribution is -0.148. The van der Waals surface area contributed by atoms with E-state index < -0.39 is 0 Å². The summed E-state index contributed by atoms with van der Waals surface area (Å²) in [6.45, 7) is 8.09. The van der Waals surface area contributed by atoms with Crippen molar-refractivity contribution >= 4 is 11.8 Å². The van der Waals surface area contributed by atoms with Gasteiger partial charge in [0.2, 0.25) is 0 Å². The van der Waals surface area contributed by atoms with Crippen LogP contribution in [0.3, 0.4) is 0 Å². The van der Waals surface area contributed by atoms with Gasteiger partial charge in [0.05, 0.1) is 0 Å². The zero-order valence-electron chi connectivity index (χ0n) is 16.6. The summed E-state index contributed by atoms with van der Waals surface area (Å²) in [5.41, 5.74) is 3.44. The van der Waals surface area contributed by atoms with Gasteiger partial charge in [-0.1, -0.05) is 37.1 Å². The Labute approximate surface area is 157 Å². The summed E-state index contributed by atoms with van der Waals surface area (Å²) in [5.74, 6) is 1.63. The largest absolute Gasteiger partial charge is 0.462 e. The first-order valence-corrected chi connectivity index (χ1v) is 10.3. The fourth-order valence-electron chi connectivity index (χ4n) is 6.97. The number of rotatable bonds is 2. The van der Waals surface area contributed by atoms with Crippen molar-refractivity contribution in [2.45, 2.75) is 78.7 Å². The number of hydrogen-bond donors (Lipinski definition) is 0. The van der Waals surface area contributed by atoms with E-state index in [0.29, 0.717) is 17.6 Å². The van der Waals surface area contributed by atoms with Crippen molar-refractivity contribution < 1.29 is 14.3 Å². The molecule has 4 aliphatic carbocycles. The molecule has 0 amide bonds. The van der Waals surface area contributed by atoms with Crippen LogP contribution in [0.2, 0.25) is 0 Å². The van der Waals surface area contributed by atoms with E-state index in [2.05, 4.69) is 26.0 Å². The van der Waals surface area contributed by atoms with Crippen LogP contribution < -0.4 is 0 Å². The molecule has 0 radical (unpaired) electrons. The predicted octanol–water partition coefficient (Wildman–Crippen LogP) is 5.01. The number of esters is 1. The Kier molecular flexibility index (Phi) is 4.20. The number of carbonyl (C=O) groups excluding carboxylic acids is 2. The molecular weight excluding hydrogens is 324 g/mol. The molecule has 3 fully saturated rings. The molecule has 0 aromatic rings. The molecule has 142 valence electrons. The highest BCUT2D eigenvalue weighted by atomic mass is 16.5. The third-order valence-electron chi connectivity index (χ3n) is 8.35. The van der Waals surface area contributed by atoms with E-state index >= 15 is 0 Å². The first kappa shape index (κ1) is 18.0. The topological polar surface area (TPSA) is 43.4 Å². The molecule has 0 spiro atoms. The number of carbonyl (C=O) groups is 2. The lowest BCUT2D eigenvalue weighted by atomic mass is 9.50. The van der Waals surface area contributed by atoms with Crippen LogP contribution in [0, 0.1) is 28.6 Å². The average Bonchev–Trinajstić information content (AvgIpc) is 2.92. The maximum absolute atomic E-state index is 12.2. The second-order valence-electron chi connectivity index (χ2n) is 9.64. The number of allylic oxidation sites excluding steroid dienone is 3. The predicted molar refractivity (Wildman–Crippen MR) is 101 cm³/mol. The molecule has 0 bridgehead atoms. The van der Waals surface area contributed by atoms with Gasteiger partial charge in [0, 0.05) is 19.3 Å². The van der Waals surface area contributed by atoms with Crippen LogP contribution in [0.4, 0.5) is 0 Å². The summed E-state index contributed by atoms with van der Waals surface area (Å²) in [4.78, 5) is 23.6. The lowest BCUT2D eigenvalue weighted by Crippen LogP contribution is -2.46.